The SMILES string of the molecule is N=C(COc1cccc2cccnc12)N(C(=N)SCc1ccccc1)c1ccccc1. The molecule has 0 bridgehead atoms. The Morgan fingerprint density at radius 1 is 0.839 bits per heavy atom. The van der Waals surface area contributed by atoms with Crippen LogP contribution < -0.4 is 9.64 Å². The van der Waals surface area contributed by atoms with Gasteiger partial charge in [-0.2, -0.15) is 0 Å². The van der Waals surface area contributed by atoms with Crippen LogP contribution in [0, 0.1) is 10.8 Å². The lowest BCUT2D eigenvalue weighted by Crippen LogP contribution is -2.37. The largest absolute Gasteiger partial charge is 0.483 e. The Hall–Kier alpha value is -3.64. The first-order chi connectivity index (χ1) is 15.2. The number of thioether (sulfide) groups is 1. The summed E-state index contributed by atoms with van der Waals surface area (Å²) in [5.74, 6) is 1.47. The van der Waals surface area contributed by atoms with E-state index in [1.165, 1.54) is 11.8 Å². The van der Waals surface area contributed by atoms with E-state index in [0.29, 0.717) is 11.5 Å². The van der Waals surface area contributed by atoms with Crippen LogP contribution in [0.1, 0.15) is 5.56 Å². The van der Waals surface area contributed by atoms with Crippen molar-refractivity contribution in [3.05, 3.63) is 103 Å². The topological polar surface area (TPSA) is 73.1 Å². The zero-order valence-electron chi connectivity index (χ0n) is 16.9. The molecule has 31 heavy (non-hydrogen) atoms. The molecule has 0 fully saturated rings. The van der Waals surface area contributed by atoms with Crippen molar-refractivity contribution >= 4 is 39.4 Å². The number of benzene rings is 3. The molecule has 6 heteroatoms. The minimum atomic E-state index is 0.0266. The summed E-state index contributed by atoms with van der Waals surface area (Å²) in [6.45, 7) is 0.0266. The quantitative estimate of drug-likeness (QED) is 0.294. The summed E-state index contributed by atoms with van der Waals surface area (Å²) in [5.41, 5.74) is 2.66. The summed E-state index contributed by atoms with van der Waals surface area (Å²) in [6.07, 6.45) is 1.73. The molecule has 154 valence electrons. The Morgan fingerprint density at radius 2 is 1.55 bits per heavy atom. The van der Waals surface area contributed by atoms with Gasteiger partial charge in [0.25, 0.3) is 0 Å². The molecule has 2 N–H and O–H groups in total. The fourth-order valence-corrected chi connectivity index (χ4v) is 4.01. The fourth-order valence-electron chi connectivity index (χ4n) is 3.17. The van der Waals surface area contributed by atoms with Crippen LogP contribution in [-0.4, -0.2) is 22.6 Å². The van der Waals surface area contributed by atoms with Gasteiger partial charge in [0.2, 0.25) is 0 Å². The van der Waals surface area contributed by atoms with Gasteiger partial charge in [0.05, 0.1) is 0 Å². The predicted octanol–water partition coefficient (Wildman–Crippen LogP) is 5.97. The molecule has 0 aliphatic carbocycles. The van der Waals surface area contributed by atoms with Crippen LogP contribution in [0.5, 0.6) is 5.75 Å². The Kier molecular flexibility index (Phi) is 6.59. The number of nitrogens with one attached hydrogen (secondary N) is 2. The van der Waals surface area contributed by atoms with Gasteiger partial charge in [-0.15, -0.1) is 0 Å². The lowest BCUT2D eigenvalue weighted by Gasteiger charge is -2.25. The summed E-state index contributed by atoms with van der Waals surface area (Å²) in [4.78, 5) is 6.02. The van der Waals surface area contributed by atoms with Gasteiger partial charge in [-0.1, -0.05) is 78.5 Å². The van der Waals surface area contributed by atoms with Crippen molar-refractivity contribution in [2.75, 3.05) is 11.5 Å². The molecule has 1 heterocycles. The number of ether oxygens (including phenoxy) is 1. The highest BCUT2D eigenvalue weighted by Gasteiger charge is 2.19. The molecule has 0 spiro atoms. The van der Waals surface area contributed by atoms with Crippen LogP contribution in [0.25, 0.3) is 10.9 Å². The number of rotatable bonds is 6. The highest BCUT2D eigenvalue weighted by Crippen LogP contribution is 2.25. The molecular formula is C25H22N4OS. The molecule has 4 rings (SSSR count). The second-order valence-corrected chi connectivity index (χ2v) is 7.78. The standard InChI is InChI=1S/C25H22N4OS/c26-23(17-30-22-15-7-11-20-12-8-16-28-24(20)22)29(21-13-5-2-6-14-21)25(27)31-18-19-9-3-1-4-10-19/h1-16,26-27H,17-18H2. The van der Waals surface area contributed by atoms with Crippen molar-refractivity contribution in [3.8, 4) is 5.75 Å². The molecular weight excluding hydrogens is 404 g/mol. The van der Waals surface area contributed by atoms with E-state index in [4.69, 9.17) is 15.6 Å². The number of hydrogen-bond acceptors (Lipinski definition) is 5. The minimum absolute atomic E-state index is 0.0266. The maximum absolute atomic E-state index is 8.68. The molecule has 0 radical (unpaired) electrons. The monoisotopic (exact) mass is 426 g/mol. The van der Waals surface area contributed by atoms with Gasteiger partial charge >= 0.3 is 0 Å². The van der Waals surface area contributed by atoms with E-state index in [2.05, 4.69) is 4.98 Å². The number of fused-ring (bicyclic) bond motifs is 1. The molecule has 0 amide bonds. The average molecular weight is 427 g/mol. The van der Waals surface area contributed by atoms with Gasteiger partial charge < -0.3 is 4.74 Å². The highest BCUT2D eigenvalue weighted by molar-refractivity contribution is 8.13. The van der Waals surface area contributed by atoms with Crippen LogP contribution in [-0.2, 0) is 5.75 Å². The Morgan fingerprint density at radius 3 is 2.32 bits per heavy atom. The van der Waals surface area contributed by atoms with Crippen molar-refractivity contribution in [1.29, 1.82) is 10.8 Å². The van der Waals surface area contributed by atoms with Crippen LogP contribution in [0.15, 0.2) is 97.2 Å². The first kappa shape index (κ1) is 20.6. The van der Waals surface area contributed by atoms with E-state index in [-0.39, 0.29) is 17.6 Å². The smallest absolute Gasteiger partial charge is 0.166 e. The van der Waals surface area contributed by atoms with Gasteiger partial charge in [0, 0.05) is 23.0 Å². The third-order valence-electron chi connectivity index (χ3n) is 4.67. The fraction of sp³-hybridized carbons (Fsp3) is 0.0800. The lowest BCUT2D eigenvalue weighted by molar-refractivity contribution is 0.378. The molecule has 3 aromatic carbocycles. The molecule has 1 aromatic heterocycles. The van der Waals surface area contributed by atoms with Crippen LogP contribution in [0.2, 0.25) is 0 Å². The van der Waals surface area contributed by atoms with E-state index >= 15 is 0 Å². The summed E-state index contributed by atoms with van der Waals surface area (Å²) < 4.78 is 5.96. The first-order valence-electron chi connectivity index (χ1n) is 9.87. The van der Waals surface area contributed by atoms with E-state index in [9.17, 15) is 0 Å². The van der Waals surface area contributed by atoms with E-state index in [0.717, 1.165) is 22.2 Å². The Labute approximate surface area is 185 Å². The summed E-state index contributed by atoms with van der Waals surface area (Å²) in [6, 6.07) is 29.2. The number of amidine groups is 2. The van der Waals surface area contributed by atoms with Crippen LogP contribution >= 0.6 is 11.8 Å². The third-order valence-corrected chi connectivity index (χ3v) is 5.60. The second kappa shape index (κ2) is 9.91. The Bertz CT molecular complexity index is 1180. The summed E-state index contributed by atoms with van der Waals surface area (Å²) in [7, 11) is 0. The summed E-state index contributed by atoms with van der Waals surface area (Å²) >= 11 is 1.39. The molecule has 0 atom stereocenters. The molecule has 0 unspecified atom stereocenters. The lowest BCUT2D eigenvalue weighted by atomic mass is 10.2. The van der Waals surface area contributed by atoms with Crippen LogP contribution in [0.3, 0.4) is 0 Å². The number of aromatic nitrogens is 1. The summed E-state index contributed by atoms with van der Waals surface area (Å²) in [5, 5.41) is 18.6. The maximum atomic E-state index is 8.68. The molecule has 0 aliphatic heterocycles. The number of hydrogen-bond donors (Lipinski definition) is 2. The van der Waals surface area contributed by atoms with Crippen molar-refractivity contribution < 1.29 is 4.74 Å². The van der Waals surface area contributed by atoms with E-state index in [1.807, 2.05) is 91.0 Å². The maximum Gasteiger partial charge on any atom is 0.166 e. The van der Waals surface area contributed by atoms with Crippen LogP contribution in [0.4, 0.5) is 5.69 Å². The zero-order chi connectivity index (χ0) is 21.5. The Balaban J connectivity index is 1.50. The van der Waals surface area contributed by atoms with Crippen molar-refractivity contribution in [3.63, 3.8) is 0 Å². The number of pyridine rings is 1. The highest BCUT2D eigenvalue weighted by atomic mass is 32.2. The molecule has 5 nitrogen and oxygen atoms in total. The van der Waals surface area contributed by atoms with E-state index < -0.39 is 0 Å². The van der Waals surface area contributed by atoms with Crippen molar-refractivity contribution in [2.45, 2.75) is 5.75 Å². The third kappa shape index (κ3) is 5.10. The average Bonchev–Trinajstić information content (AvgIpc) is 2.83. The van der Waals surface area contributed by atoms with Gasteiger partial charge in [-0.3, -0.25) is 20.7 Å². The number of para-hydroxylation sites is 2. The molecule has 4 aromatic rings. The van der Waals surface area contributed by atoms with Crippen molar-refractivity contribution in [1.82, 2.24) is 4.98 Å². The van der Waals surface area contributed by atoms with Gasteiger partial charge in [-0.25, -0.2) is 0 Å². The number of nitrogens with zero attached hydrogens (tertiary/aromatic N) is 2. The van der Waals surface area contributed by atoms with E-state index in [1.54, 1.807) is 11.1 Å². The predicted molar refractivity (Wildman–Crippen MR) is 129 cm³/mol. The normalized spacial score (nSPS) is 10.6. The van der Waals surface area contributed by atoms with Gasteiger partial charge in [-0.05, 0) is 29.8 Å². The second-order valence-electron chi connectivity index (χ2n) is 6.82. The molecule has 0 aliphatic rings. The van der Waals surface area contributed by atoms with Gasteiger partial charge in [0.15, 0.2) is 5.17 Å². The molecule has 0 saturated carbocycles. The van der Waals surface area contributed by atoms with Gasteiger partial charge in [0.1, 0.15) is 23.7 Å². The van der Waals surface area contributed by atoms with Crippen molar-refractivity contribution in [2.24, 2.45) is 0 Å². The zero-order valence-corrected chi connectivity index (χ0v) is 17.7. The number of anilines is 1. The molecule has 0 saturated heterocycles. The first-order valence-corrected chi connectivity index (χ1v) is 10.9. The minimum Gasteiger partial charge on any atom is -0.483 e.